The van der Waals surface area contributed by atoms with E-state index in [1.165, 1.54) is 24.0 Å². The van der Waals surface area contributed by atoms with Crippen molar-refractivity contribution in [3.63, 3.8) is 0 Å². The first-order valence-electron chi connectivity index (χ1n) is 10.7. The van der Waals surface area contributed by atoms with Gasteiger partial charge < -0.3 is 14.9 Å². The minimum Gasteiger partial charge on any atom is -0.481 e. The SMILES string of the molecule is O=C(O)C1CC(NCc2ccc(-c3noc(-c4ccc5c(c4)CCCC5)n3)cc2)C1. The Labute approximate surface area is 175 Å². The van der Waals surface area contributed by atoms with Gasteiger partial charge in [-0.25, -0.2) is 0 Å². The summed E-state index contributed by atoms with van der Waals surface area (Å²) in [5.74, 6) is 0.271. The van der Waals surface area contributed by atoms with Gasteiger partial charge in [-0.15, -0.1) is 0 Å². The van der Waals surface area contributed by atoms with E-state index in [-0.39, 0.29) is 5.92 Å². The lowest BCUT2D eigenvalue weighted by molar-refractivity contribution is -0.145. The first-order chi connectivity index (χ1) is 14.7. The molecule has 2 aromatic carbocycles. The minimum absolute atomic E-state index is 0.188. The third-order valence-electron chi connectivity index (χ3n) is 6.32. The molecule has 5 rings (SSSR count). The summed E-state index contributed by atoms with van der Waals surface area (Å²) < 4.78 is 5.54. The Kier molecular flexibility index (Phi) is 5.09. The van der Waals surface area contributed by atoms with E-state index in [1.54, 1.807) is 0 Å². The smallest absolute Gasteiger partial charge is 0.306 e. The predicted molar refractivity (Wildman–Crippen MR) is 113 cm³/mol. The van der Waals surface area contributed by atoms with E-state index in [0.717, 1.165) is 36.1 Å². The fraction of sp³-hybridized carbons (Fsp3) is 0.375. The highest BCUT2D eigenvalue weighted by Gasteiger charge is 2.33. The van der Waals surface area contributed by atoms with E-state index in [2.05, 4.69) is 33.7 Å². The van der Waals surface area contributed by atoms with Crippen LogP contribution in [0.5, 0.6) is 0 Å². The fourth-order valence-corrected chi connectivity index (χ4v) is 4.34. The molecule has 2 aliphatic carbocycles. The van der Waals surface area contributed by atoms with Crippen LogP contribution in [-0.4, -0.2) is 27.3 Å². The zero-order valence-corrected chi connectivity index (χ0v) is 16.8. The molecule has 154 valence electrons. The molecule has 1 aromatic heterocycles. The Balaban J connectivity index is 1.23. The van der Waals surface area contributed by atoms with Gasteiger partial charge in [0.15, 0.2) is 0 Å². The van der Waals surface area contributed by atoms with Gasteiger partial charge in [-0.05, 0) is 67.3 Å². The number of carboxylic acid groups (broad SMARTS) is 1. The Morgan fingerprint density at radius 1 is 1.03 bits per heavy atom. The minimum atomic E-state index is -0.688. The van der Waals surface area contributed by atoms with Crippen LogP contribution in [0.4, 0.5) is 0 Å². The zero-order chi connectivity index (χ0) is 20.5. The van der Waals surface area contributed by atoms with Crippen molar-refractivity contribution in [1.82, 2.24) is 15.5 Å². The molecule has 0 unspecified atom stereocenters. The normalized spacial score (nSPS) is 20.4. The summed E-state index contributed by atoms with van der Waals surface area (Å²) in [4.78, 5) is 15.5. The van der Waals surface area contributed by atoms with Gasteiger partial charge in [0, 0.05) is 23.7 Å². The molecule has 0 amide bonds. The lowest BCUT2D eigenvalue weighted by atomic mass is 9.80. The van der Waals surface area contributed by atoms with Crippen molar-refractivity contribution >= 4 is 5.97 Å². The highest BCUT2D eigenvalue weighted by Crippen LogP contribution is 2.29. The first-order valence-corrected chi connectivity index (χ1v) is 10.7. The topological polar surface area (TPSA) is 88.2 Å². The predicted octanol–water partition coefficient (Wildman–Crippen LogP) is 4.24. The van der Waals surface area contributed by atoms with Crippen molar-refractivity contribution in [2.24, 2.45) is 5.92 Å². The van der Waals surface area contributed by atoms with Crippen LogP contribution >= 0.6 is 0 Å². The van der Waals surface area contributed by atoms with Crippen molar-refractivity contribution in [3.05, 3.63) is 59.2 Å². The molecule has 0 bridgehead atoms. The average molecular weight is 403 g/mol. The van der Waals surface area contributed by atoms with Crippen LogP contribution in [0.3, 0.4) is 0 Å². The standard InChI is InChI=1S/C24H25N3O3/c28-24(29)20-12-21(13-20)25-14-15-5-7-17(8-6-15)22-26-23(30-27-22)19-10-9-16-3-1-2-4-18(16)11-19/h5-11,20-21,25H,1-4,12-14H2,(H,28,29). The van der Waals surface area contributed by atoms with Gasteiger partial charge in [-0.2, -0.15) is 4.98 Å². The Morgan fingerprint density at radius 3 is 2.53 bits per heavy atom. The monoisotopic (exact) mass is 403 g/mol. The number of carboxylic acids is 1. The molecule has 0 aliphatic heterocycles. The van der Waals surface area contributed by atoms with Gasteiger partial charge in [0.05, 0.1) is 5.92 Å². The summed E-state index contributed by atoms with van der Waals surface area (Å²) in [6.07, 6.45) is 6.22. The highest BCUT2D eigenvalue weighted by molar-refractivity contribution is 5.71. The number of benzene rings is 2. The lowest BCUT2D eigenvalue weighted by Gasteiger charge is -2.33. The van der Waals surface area contributed by atoms with Crippen molar-refractivity contribution in [2.75, 3.05) is 0 Å². The molecule has 2 aliphatic rings. The van der Waals surface area contributed by atoms with Gasteiger partial charge >= 0.3 is 5.97 Å². The molecule has 1 fully saturated rings. The van der Waals surface area contributed by atoms with Crippen LogP contribution in [0.1, 0.15) is 42.4 Å². The average Bonchev–Trinajstić information content (AvgIpc) is 3.23. The lowest BCUT2D eigenvalue weighted by Crippen LogP contribution is -2.43. The first kappa shape index (κ1) is 19.0. The van der Waals surface area contributed by atoms with Gasteiger partial charge in [0.2, 0.25) is 5.82 Å². The number of rotatable bonds is 6. The van der Waals surface area contributed by atoms with Crippen molar-refractivity contribution in [3.8, 4) is 22.8 Å². The van der Waals surface area contributed by atoms with Crippen molar-refractivity contribution in [2.45, 2.75) is 51.1 Å². The largest absolute Gasteiger partial charge is 0.481 e. The molecule has 1 saturated carbocycles. The van der Waals surface area contributed by atoms with Crippen LogP contribution in [0.2, 0.25) is 0 Å². The number of aryl methyl sites for hydroxylation is 2. The maximum Gasteiger partial charge on any atom is 0.306 e. The van der Waals surface area contributed by atoms with E-state index in [9.17, 15) is 4.79 Å². The molecule has 0 radical (unpaired) electrons. The zero-order valence-electron chi connectivity index (χ0n) is 16.8. The number of aliphatic carboxylic acids is 1. The number of aromatic nitrogens is 2. The second-order valence-corrected chi connectivity index (χ2v) is 8.40. The number of nitrogens with zero attached hydrogens (tertiary/aromatic N) is 2. The third kappa shape index (κ3) is 3.87. The van der Waals surface area contributed by atoms with Crippen molar-refractivity contribution in [1.29, 1.82) is 0 Å². The number of hydrogen-bond acceptors (Lipinski definition) is 5. The van der Waals surface area contributed by atoms with Gasteiger partial charge in [0.25, 0.3) is 5.89 Å². The van der Waals surface area contributed by atoms with Gasteiger partial charge in [-0.3, -0.25) is 4.79 Å². The number of nitrogens with one attached hydrogen (secondary N) is 1. The maximum absolute atomic E-state index is 10.9. The second kappa shape index (κ2) is 8.03. The molecule has 6 heteroatoms. The van der Waals surface area contributed by atoms with E-state index in [0.29, 0.717) is 30.6 Å². The molecular weight excluding hydrogens is 378 g/mol. The number of carbonyl (C=O) groups is 1. The summed E-state index contributed by atoms with van der Waals surface area (Å²) in [5.41, 5.74) is 5.89. The van der Waals surface area contributed by atoms with Crippen LogP contribution in [-0.2, 0) is 24.2 Å². The van der Waals surface area contributed by atoms with Gasteiger partial charge in [-0.1, -0.05) is 35.5 Å². The Hall–Kier alpha value is -2.99. The van der Waals surface area contributed by atoms with Gasteiger partial charge in [0.1, 0.15) is 0 Å². The summed E-state index contributed by atoms with van der Waals surface area (Å²) >= 11 is 0. The summed E-state index contributed by atoms with van der Waals surface area (Å²) in [7, 11) is 0. The Bertz CT molecular complexity index is 1050. The molecule has 3 aromatic rings. The van der Waals surface area contributed by atoms with Crippen LogP contribution in [0, 0.1) is 5.92 Å². The van der Waals surface area contributed by atoms with E-state index < -0.39 is 5.97 Å². The molecule has 0 saturated heterocycles. The van der Waals surface area contributed by atoms with Crippen molar-refractivity contribution < 1.29 is 14.4 Å². The molecule has 2 N–H and O–H groups in total. The van der Waals surface area contributed by atoms with Crippen LogP contribution in [0.15, 0.2) is 47.0 Å². The van der Waals surface area contributed by atoms with Crippen LogP contribution in [0.25, 0.3) is 22.8 Å². The third-order valence-corrected chi connectivity index (χ3v) is 6.32. The quantitative estimate of drug-likeness (QED) is 0.640. The van der Waals surface area contributed by atoms with E-state index in [1.807, 2.05) is 24.3 Å². The number of hydrogen-bond donors (Lipinski definition) is 2. The summed E-state index contributed by atoms with van der Waals surface area (Å²) in [5, 5.41) is 16.5. The Morgan fingerprint density at radius 2 is 1.77 bits per heavy atom. The fourth-order valence-electron chi connectivity index (χ4n) is 4.34. The molecule has 0 atom stereocenters. The molecule has 30 heavy (non-hydrogen) atoms. The second-order valence-electron chi connectivity index (χ2n) is 8.40. The van der Waals surface area contributed by atoms with E-state index in [4.69, 9.17) is 9.63 Å². The summed E-state index contributed by atoms with van der Waals surface area (Å²) in [6, 6.07) is 14.8. The molecule has 6 nitrogen and oxygen atoms in total. The molecule has 1 heterocycles. The summed E-state index contributed by atoms with van der Waals surface area (Å²) in [6.45, 7) is 0.726. The highest BCUT2D eigenvalue weighted by atomic mass is 16.5. The maximum atomic E-state index is 10.9. The van der Waals surface area contributed by atoms with E-state index >= 15 is 0 Å². The van der Waals surface area contributed by atoms with Crippen LogP contribution < -0.4 is 5.32 Å². The molecular formula is C24H25N3O3. The number of fused-ring (bicyclic) bond motifs is 1. The molecule has 0 spiro atoms.